The Labute approximate surface area is 119 Å². The van der Waals surface area contributed by atoms with Crippen LogP contribution in [-0.2, 0) is 14.3 Å². The highest BCUT2D eigenvalue weighted by atomic mass is 16.5. The van der Waals surface area contributed by atoms with Gasteiger partial charge in [0.05, 0.1) is 6.61 Å². The number of aliphatic carboxylic acids is 1. The van der Waals surface area contributed by atoms with Gasteiger partial charge in [-0.1, -0.05) is 0 Å². The van der Waals surface area contributed by atoms with Crippen molar-refractivity contribution in [1.82, 2.24) is 10.6 Å². The van der Waals surface area contributed by atoms with Crippen LogP contribution < -0.4 is 10.6 Å². The Morgan fingerprint density at radius 1 is 1.20 bits per heavy atom. The maximum absolute atomic E-state index is 11.6. The molecule has 20 heavy (non-hydrogen) atoms. The van der Waals surface area contributed by atoms with Gasteiger partial charge in [0.2, 0.25) is 0 Å². The fourth-order valence-corrected chi connectivity index (χ4v) is 1.50. The average Bonchev–Trinajstić information content (AvgIpc) is 2.32. The quantitative estimate of drug-likeness (QED) is 0.438. The number of amides is 2. The molecule has 0 fully saturated rings. The number of carboxylic acid groups (broad SMARTS) is 1. The molecule has 0 heterocycles. The summed E-state index contributed by atoms with van der Waals surface area (Å²) in [5.74, 6) is -1.17. The van der Waals surface area contributed by atoms with Crippen LogP contribution in [0.25, 0.3) is 0 Å². The Hall–Kier alpha value is -1.79. The van der Waals surface area contributed by atoms with E-state index in [1.807, 2.05) is 0 Å². The van der Waals surface area contributed by atoms with Crippen LogP contribution >= 0.6 is 0 Å². The van der Waals surface area contributed by atoms with Crippen molar-refractivity contribution in [3.8, 4) is 0 Å². The van der Waals surface area contributed by atoms with E-state index >= 15 is 0 Å². The number of hydrogen-bond acceptors (Lipinski definition) is 4. The first kappa shape index (κ1) is 18.2. The molecule has 0 atom stereocenters. The zero-order valence-electron chi connectivity index (χ0n) is 12.3. The second kappa shape index (κ2) is 9.17. The van der Waals surface area contributed by atoms with Gasteiger partial charge < -0.3 is 20.5 Å². The third-order valence-corrected chi connectivity index (χ3v) is 2.56. The second-order valence-electron chi connectivity index (χ2n) is 5.07. The molecule has 7 nitrogen and oxygen atoms in total. The van der Waals surface area contributed by atoms with Crippen LogP contribution in [0, 0.1) is 0 Å². The minimum atomic E-state index is -0.894. The van der Waals surface area contributed by atoms with Gasteiger partial charge in [0.1, 0.15) is 0 Å². The number of rotatable bonds is 9. The van der Waals surface area contributed by atoms with E-state index in [1.54, 1.807) is 20.8 Å². The minimum absolute atomic E-state index is 0.00383. The van der Waals surface area contributed by atoms with Crippen LogP contribution in [0.3, 0.4) is 0 Å². The molecule has 0 aromatic heterocycles. The van der Waals surface area contributed by atoms with Crippen molar-refractivity contribution in [2.75, 3.05) is 13.2 Å². The average molecular weight is 288 g/mol. The number of nitrogens with one attached hydrogen (secondary N) is 2. The normalized spacial score (nSPS) is 10.8. The number of carbonyl (C=O) groups is 3. The first-order valence-electron chi connectivity index (χ1n) is 6.70. The molecule has 0 unspecified atom stereocenters. The van der Waals surface area contributed by atoms with Crippen molar-refractivity contribution in [1.29, 1.82) is 0 Å². The predicted molar refractivity (Wildman–Crippen MR) is 73.4 cm³/mol. The van der Waals surface area contributed by atoms with Crippen LogP contribution in [-0.4, -0.2) is 41.8 Å². The van der Waals surface area contributed by atoms with Crippen LogP contribution in [0.15, 0.2) is 0 Å². The van der Waals surface area contributed by atoms with Crippen molar-refractivity contribution in [2.45, 2.75) is 52.0 Å². The van der Waals surface area contributed by atoms with E-state index in [9.17, 15) is 14.4 Å². The molecule has 116 valence electrons. The van der Waals surface area contributed by atoms with Gasteiger partial charge in [-0.2, -0.15) is 0 Å². The van der Waals surface area contributed by atoms with Crippen LogP contribution in [0.1, 0.15) is 46.5 Å². The Balaban J connectivity index is 3.82. The van der Waals surface area contributed by atoms with Crippen LogP contribution in [0.2, 0.25) is 0 Å². The van der Waals surface area contributed by atoms with Gasteiger partial charge in [0, 0.05) is 24.9 Å². The summed E-state index contributed by atoms with van der Waals surface area (Å²) in [4.78, 5) is 33.1. The van der Waals surface area contributed by atoms with Gasteiger partial charge in [0.25, 0.3) is 0 Å². The summed E-state index contributed by atoms with van der Waals surface area (Å²) < 4.78 is 4.76. The smallest absolute Gasteiger partial charge is 0.315 e. The van der Waals surface area contributed by atoms with Gasteiger partial charge in [-0.25, -0.2) is 4.79 Å². The molecule has 7 heteroatoms. The summed E-state index contributed by atoms with van der Waals surface area (Å²) in [6.45, 7) is 5.97. The topological polar surface area (TPSA) is 105 Å². The summed E-state index contributed by atoms with van der Waals surface area (Å²) in [6, 6.07) is -0.371. The Bertz CT molecular complexity index is 342. The summed E-state index contributed by atoms with van der Waals surface area (Å²) in [5, 5.41) is 13.9. The maximum atomic E-state index is 11.6. The van der Waals surface area contributed by atoms with E-state index in [4.69, 9.17) is 9.84 Å². The minimum Gasteiger partial charge on any atom is -0.481 e. The molecule has 2 amide bonds. The molecule has 0 aliphatic rings. The van der Waals surface area contributed by atoms with Crippen LogP contribution in [0.4, 0.5) is 4.79 Å². The third-order valence-electron chi connectivity index (χ3n) is 2.56. The first-order chi connectivity index (χ1) is 9.26. The largest absolute Gasteiger partial charge is 0.481 e. The van der Waals surface area contributed by atoms with Crippen molar-refractivity contribution < 1.29 is 24.2 Å². The lowest BCUT2D eigenvalue weighted by Gasteiger charge is -2.25. The standard InChI is InChI=1S/C13H24N2O5/c1-4-20-11(18)6-5-9-14-12(19)15-13(2,3)8-7-10(16)17/h4-9H2,1-3H3,(H,16,17)(H2,14,15,19). The molecule has 0 radical (unpaired) electrons. The number of urea groups is 1. The first-order valence-corrected chi connectivity index (χ1v) is 6.70. The number of hydrogen-bond donors (Lipinski definition) is 3. The predicted octanol–water partition coefficient (Wildman–Crippen LogP) is 1.27. The van der Waals surface area contributed by atoms with E-state index in [2.05, 4.69) is 10.6 Å². The molecule has 0 saturated heterocycles. The van der Waals surface area contributed by atoms with Crippen molar-refractivity contribution in [2.24, 2.45) is 0 Å². The number of esters is 1. The van der Waals surface area contributed by atoms with Crippen LogP contribution in [0.5, 0.6) is 0 Å². The zero-order chi connectivity index (χ0) is 15.6. The maximum Gasteiger partial charge on any atom is 0.315 e. The second-order valence-corrected chi connectivity index (χ2v) is 5.07. The van der Waals surface area contributed by atoms with Gasteiger partial charge in [-0.15, -0.1) is 0 Å². The van der Waals surface area contributed by atoms with E-state index in [0.29, 0.717) is 26.0 Å². The molecular formula is C13H24N2O5. The molecule has 0 rings (SSSR count). The molecule has 0 aromatic rings. The van der Waals surface area contributed by atoms with Crippen molar-refractivity contribution in [3.05, 3.63) is 0 Å². The SMILES string of the molecule is CCOC(=O)CCCNC(=O)NC(C)(C)CCC(=O)O. The van der Waals surface area contributed by atoms with Gasteiger partial charge in [-0.05, 0) is 33.6 Å². The summed E-state index contributed by atoms with van der Waals surface area (Å²) in [6.07, 6.45) is 1.10. The Kier molecular flexibility index (Phi) is 8.35. The highest BCUT2D eigenvalue weighted by molar-refractivity contribution is 5.75. The Morgan fingerprint density at radius 2 is 1.85 bits per heavy atom. The molecule has 0 aliphatic heterocycles. The molecule has 0 saturated carbocycles. The summed E-state index contributed by atoms with van der Waals surface area (Å²) in [5.41, 5.74) is -0.594. The lowest BCUT2D eigenvalue weighted by molar-refractivity contribution is -0.143. The highest BCUT2D eigenvalue weighted by Crippen LogP contribution is 2.10. The number of carboxylic acids is 1. The molecule has 3 N–H and O–H groups in total. The Morgan fingerprint density at radius 3 is 2.40 bits per heavy atom. The zero-order valence-corrected chi connectivity index (χ0v) is 12.3. The van der Waals surface area contributed by atoms with E-state index < -0.39 is 11.5 Å². The van der Waals surface area contributed by atoms with Crippen molar-refractivity contribution in [3.63, 3.8) is 0 Å². The third kappa shape index (κ3) is 10.2. The van der Waals surface area contributed by atoms with E-state index in [-0.39, 0.29) is 24.8 Å². The molecule has 0 aliphatic carbocycles. The molecular weight excluding hydrogens is 264 g/mol. The molecule has 0 spiro atoms. The lowest BCUT2D eigenvalue weighted by Crippen LogP contribution is -2.48. The fraction of sp³-hybridized carbons (Fsp3) is 0.769. The summed E-state index contributed by atoms with van der Waals surface area (Å²) >= 11 is 0. The van der Waals surface area contributed by atoms with E-state index in [1.165, 1.54) is 0 Å². The van der Waals surface area contributed by atoms with E-state index in [0.717, 1.165) is 0 Å². The number of carbonyl (C=O) groups excluding carboxylic acids is 2. The van der Waals surface area contributed by atoms with Crippen molar-refractivity contribution >= 4 is 18.0 Å². The highest BCUT2D eigenvalue weighted by Gasteiger charge is 2.21. The van der Waals surface area contributed by atoms with Gasteiger partial charge >= 0.3 is 18.0 Å². The van der Waals surface area contributed by atoms with Gasteiger partial charge in [0.15, 0.2) is 0 Å². The molecule has 0 aromatic carbocycles. The monoisotopic (exact) mass is 288 g/mol. The fourth-order valence-electron chi connectivity index (χ4n) is 1.50. The summed E-state index contributed by atoms with van der Waals surface area (Å²) in [7, 11) is 0. The molecule has 0 bridgehead atoms. The lowest BCUT2D eigenvalue weighted by atomic mass is 9.99. The number of ether oxygens (including phenoxy) is 1. The van der Waals surface area contributed by atoms with Gasteiger partial charge in [-0.3, -0.25) is 9.59 Å².